The predicted octanol–water partition coefficient (Wildman–Crippen LogP) is 1.28. The summed E-state index contributed by atoms with van der Waals surface area (Å²) >= 11 is 0. The van der Waals surface area contributed by atoms with E-state index < -0.39 is 6.10 Å². The molecule has 2 heterocycles. The molecule has 94 valence electrons. The van der Waals surface area contributed by atoms with Crippen molar-refractivity contribution < 1.29 is 14.3 Å². The minimum absolute atomic E-state index is 0.213. The Bertz CT molecular complexity index is 397. The van der Waals surface area contributed by atoms with E-state index in [9.17, 15) is 9.90 Å². The molecular formula is C11H17N3O3. The van der Waals surface area contributed by atoms with Gasteiger partial charge in [-0.1, -0.05) is 0 Å². The summed E-state index contributed by atoms with van der Waals surface area (Å²) in [7, 11) is 0. The smallest absolute Gasteiger partial charge is 0.325 e. The van der Waals surface area contributed by atoms with Crippen LogP contribution in [0.25, 0.3) is 0 Å². The molecule has 1 aromatic rings. The van der Waals surface area contributed by atoms with Gasteiger partial charge in [0.2, 0.25) is 0 Å². The van der Waals surface area contributed by atoms with E-state index in [1.54, 1.807) is 11.8 Å². The maximum atomic E-state index is 11.8. The summed E-state index contributed by atoms with van der Waals surface area (Å²) in [5.41, 5.74) is 0.763. The van der Waals surface area contributed by atoms with Crippen LogP contribution in [0.3, 0.4) is 0 Å². The number of hydrogen-bond donors (Lipinski definition) is 2. The number of hydrogen-bond acceptors (Lipinski definition) is 4. The van der Waals surface area contributed by atoms with Crippen LogP contribution in [0.1, 0.15) is 24.3 Å². The first-order chi connectivity index (χ1) is 8.06. The molecule has 6 nitrogen and oxygen atoms in total. The maximum Gasteiger partial charge on any atom is 0.325 e. The highest BCUT2D eigenvalue weighted by Crippen LogP contribution is 2.15. The molecule has 1 saturated heterocycles. The summed E-state index contributed by atoms with van der Waals surface area (Å²) in [6.07, 6.45) is 1.14. The van der Waals surface area contributed by atoms with E-state index in [2.05, 4.69) is 10.3 Å². The van der Waals surface area contributed by atoms with Gasteiger partial charge in [-0.25, -0.2) is 4.79 Å². The zero-order valence-electron chi connectivity index (χ0n) is 10.1. The summed E-state index contributed by atoms with van der Waals surface area (Å²) in [6, 6.07) is -0.0601. The van der Waals surface area contributed by atoms with Crippen LogP contribution >= 0.6 is 0 Å². The van der Waals surface area contributed by atoms with Crippen molar-refractivity contribution in [2.24, 2.45) is 0 Å². The third-order valence-electron chi connectivity index (χ3n) is 2.93. The fourth-order valence-electron chi connectivity index (χ4n) is 1.84. The molecule has 0 radical (unpaired) electrons. The van der Waals surface area contributed by atoms with E-state index in [0.717, 1.165) is 18.5 Å². The van der Waals surface area contributed by atoms with E-state index >= 15 is 0 Å². The number of aliphatic hydroxyl groups excluding tert-OH is 1. The Morgan fingerprint density at radius 3 is 2.94 bits per heavy atom. The highest BCUT2D eigenvalue weighted by atomic mass is 16.4. The summed E-state index contributed by atoms with van der Waals surface area (Å²) in [6.45, 7) is 4.63. The molecule has 1 aromatic heterocycles. The van der Waals surface area contributed by atoms with E-state index in [0.29, 0.717) is 18.8 Å². The number of aromatic nitrogens is 1. The van der Waals surface area contributed by atoms with Crippen LogP contribution in [0.15, 0.2) is 4.42 Å². The molecule has 2 amide bonds. The fraction of sp³-hybridized carbons (Fsp3) is 0.636. The zero-order valence-corrected chi connectivity index (χ0v) is 10.1. The molecule has 0 aromatic carbocycles. The Morgan fingerprint density at radius 2 is 2.35 bits per heavy atom. The average molecular weight is 239 g/mol. The van der Waals surface area contributed by atoms with Crippen molar-refractivity contribution in [2.45, 2.75) is 32.8 Å². The quantitative estimate of drug-likeness (QED) is 0.773. The highest BCUT2D eigenvalue weighted by Gasteiger charge is 2.23. The van der Waals surface area contributed by atoms with Crippen molar-refractivity contribution in [1.82, 2.24) is 9.88 Å². The molecule has 0 saturated carbocycles. The number of β-amino-alcohol motifs (C(OH)–C–C–N with tert-alkyl or cyclic N) is 1. The third-order valence-corrected chi connectivity index (χ3v) is 2.93. The van der Waals surface area contributed by atoms with Gasteiger partial charge in [0.25, 0.3) is 0 Å². The van der Waals surface area contributed by atoms with Crippen molar-refractivity contribution in [2.75, 3.05) is 18.4 Å². The monoisotopic (exact) mass is 239 g/mol. The Balaban J connectivity index is 1.96. The van der Waals surface area contributed by atoms with E-state index in [1.165, 1.54) is 0 Å². The van der Waals surface area contributed by atoms with Gasteiger partial charge in [0.15, 0.2) is 0 Å². The van der Waals surface area contributed by atoms with Gasteiger partial charge in [0, 0.05) is 13.1 Å². The molecule has 1 atom stereocenters. The lowest BCUT2D eigenvalue weighted by Crippen LogP contribution is -2.44. The number of likely N-dealkylation sites (tertiary alicyclic amines) is 1. The van der Waals surface area contributed by atoms with Crippen LogP contribution in [-0.4, -0.2) is 40.2 Å². The molecule has 1 unspecified atom stereocenters. The number of rotatable bonds is 1. The van der Waals surface area contributed by atoms with Gasteiger partial charge in [-0.3, -0.25) is 5.32 Å². The van der Waals surface area contributed by atoms with Crippen molar-refractivity contribution >= 4 is 12.0 Å². The Kier molecular flexibility index (Phi) is 3.33. The second-order valence-corrected chi connectivity index (χ2v) is 4.33. The number of urea groups is 1. The molecule has 1 aliphatic heterocycles. The number of piperidine rings is 1. The van der Waals surface area contributed by atoms with Gasteiger partial charge in [-0.05, 0) is 26.7 Å². The minimum Gasteiger partial charge on any atom is -0.428 e. The van der Waals surface area contributed by atoms with Crippen LogP contribution in [0, 0.1) is 13.8 Å². The molecule has 1 aliphatic rings. The number of amides is 2. The van der Waals surface area contributed by atoms with Gasteiger partial charge >= 0.3 is 12.0 Å². The van der Waals surface area contributed by atoms with Crippen molar-refractivity contribution in [1.29, 1.82) is 0 Å². The molecule has 0 spiro atoms. The first-order valence-electron chi connectivity index (χ1n) is 5.74. The maximum absolute atomic E-state index is 11.8. The Morgan fingerprint density at radius 1 is 1.59 bits per heavy atom. The molecule has 6 heteroatoms. The standard InChI is InChI=1S/C11H17N3O3/c1-7-8(2)17-10(12-7)13-11(16)14-5-3-4-9(15)6-14/h9,15H,3-6H2,1-2H3,(H,12,13,16). The van der Waals surface area contributed by atoms with Crippen LogP contribution in [0.5, 0.6) is 0 Å². The summed E-state index contributed by atoms with van der Waals surface area (Å²) in [5, 5.41) is 12.1. The van der Waals surface area contributed by atoms with E-state index in [-0.39, 0.29) is 12.0 Å². The minimum atomic E-state index is -0.428. The summed E-state index contributed by atoms with van der Waals surface area (Å²) < 4.78 is 5.27. The number of carbonyl (C=O) groups is 1. The first kappa shape index (κ1) is 11.9. The van der Waals surface area contributed by atoms with Crippen LogP contribution in [0.4, 0.5) is 10.8 Å². The highest BCUT2D eigenvalue weighted by molar-refractivity contribution is 5.87. The molecule has 2 rings (SSSR count). The SMILES string of the molecule is Cc1nc(NC(=O)N2CCCC(O)C2)oc1C. The predicted molar refractivity (Wildman–Crippen MR) is 61.8 cm³/mol. The van der Waals surface area contributed by atoms with Crippen LogP contribution in [-0.2, 0) is 0 Å². The Hall–Kier alpha value is -1.56. The van der Waals surface area contributed by atoms with Gasteiger partial charge in [0.1, 0.15) is 5.76 Å². The molecule has 1 fully saturated rings. The van der Waals surface area contributed by atoms with Gasteiger partial charge in [-0.2, -0.15) is 4.98 Å². The van der Waals surface area contributed by atoms with Crippen LogP contribution in [0.2, 0.25) is 0 Å². The summed E-state index contributed by atoms with van der Waals surface area (Å²) in [5.74, 6) is 0.693. The number of aryl methyl sites for hydroxylation is 2. The van der Waals surface area contributed by atoms with Crippen LogP contribution < -0.4 is 5.32 Å². The van der Waals surface area contributed by atoms with Gasteiger partial charge < -0.3 is 14.4 Å². The lowest BCUT2D eigenvalue weighted by Gasteiger charge is -2.29. The lowest BCUT2D eigenvalue weighted by molar-refractivity contribution is 0.0881. The fourth-order valence-corrected chi connectivity index (χ4v) is 1.84. The molecule has 0 aliphatic carbocycles. The zero-order chi connectivity index (χ0) is 12.4. The molecule has 17 heavy (non-hydrogen) atoms. The second-order valence-electron chi connectivity index (χ2n) is 4.33. The number of carbonyl (C=O) groups excluding carboxylic acids is 1. The largest absolute Gasteiger partial charge is 0.428 e. The number of nitrogens with zero attached hydrogens (tertiary/aromatic N) is 2. The topological polar surface area (TPSA) is 78.6 Å². The Labute approximate surface area is 99.6 Å². The normalized spacial score (nSPS) is 20.4. The number of anilines is 1. The van der Waals surface area contributed by atoms with Crippen molar-refractivity contribution in [3.8, 4) is 0 Å². The molecule has 0 bridgehead atoms. The van der Waals surface area contributed by atoms with E-state index in [1.807, 2.05) is 6.92 Å². The van der Waals surface area contributed by atoms with Crippen molar-refractivity contribution in [3.05, 3.63) is 11.5 Å². The average Bonchev–Trinajstić information content (AvgIpc) is 2.58. The van der Waals surface area contributed by atoms with Gasteiger partial charge in [-0.15, -0.1) is 0 Å². The lowest BCUT2D eigenvalue weighted by atomic mass is 10.1. The van der Waals surface area contributed by atoms with Gasteiger partial charge in [0.05, 0.1) is 11.8 Å². The molecule has 2 N–H and O–H groups in total. The van der Waals surface area contributed by atoms with E-state index in [4.69, 9.17) is 4.42 Å². The molecular weight excluding hydrogens is 222 g/mol. The second kappa shape index (κ2) is 4.75. The number of oxazole rings is 1. The first-order valence-corrected chi connectivity index (χ1v) is 5.74. The number of aliphatic hydroxyl groups is 1. The number of nitrogens with one attached hydrogen (secondary N) is 1. The third kappa shape index (κ3) is 2.76. The summed E-state index contributed by atoms with van der Waals surface area (Å²) in [4.78, 5) is 17.5. The van der Waals surface area contributed by atoms with Crippen molar-refractivity contribution in [3.63, 3.8) is 0 Å².